The van der Waals surface area contributed by atoms with Crippen molar-refractivity contribution in [3.8, 4) is 0 Å². The summed E-state index contributed by atoms with van der Waals surface area (Å²) >= 11 is 0. The van der Waals surface area contributed by atoms with Gasteiger partial charge in [0.1, 0.15) is 54.4 Å². The number of esters is 5. The van der Waals surface area contributed by atoms with Gasteiger partial charge in [-0.05, 0) is 78.9 Å². The van der Waals surface area contributed by atoms with Gasteiger partial charge in [0.2, 0.25) is 12.4 Å². The second-order valence-corrected chi connectivity index (χ2v) is 23.3. The molecule has 2 saturated carbocycles. The molecular weight excluding hydrogens is 1180 g/mol. The molecule has 2 heterocycles. The molecule has 9 rings (SSSR count). The van der Waals surface area contributed by atoms with Gasteiger partial charge in [-0.15, -0.1) is 0 Å². The molecule has 2 amide bonds. The zero-order valence-electron chi connectivity index (χ0n) is 49.6. The van der Waals surface area contributed by atoms with Gasteiger partial charge >= 0.3 is 65.5 Å². The third kappa shape index (κ3) is 13.1. The molecule has 468 valence electrons. The topological polar surface area (TPSA) is 376 Å². The van der Waals surface area contributed by atoms with E-state index in [0.29, 0.717) is 5.56 Å². The molecule has 0 aromatic heterocycles. The predicted molar refractivity (Wildman–Crippen MR) is 298 cm³/mol. The second kappa shape index (κ2) is 27.0. The number of hydrogen-bond acceptors (Lipinski definition) is 23. The molecule has 89 heavy (non-hydrogen) atoms. The third-order valence-electron chi connectivity index (χ3n) is 17.6. The minimum atomic E-state index is -2.55. The number of carbonyl (C=O) groups is 9. The molecule has 25 nitrogen and oxygen atoms in total. The summed E-state index contributed by atoms with van der Waals surface area (Å²) in [5.74, 6) is -10.4. The maximum atomic E-state index is 15.9. The zero-order chi connectivity index (χ0) is 63.8. The number of aliphatic hydroxyl groups excluding tert-OH is 4. The summed E-state index contributed by atoms with van der Waals surface area (Å²) in [6.07, 6.45) is -23.5. The summed E-state index contributed by atoms with van der Waals surface area (Å²) in [5.41, 5.74) is -7.47. The SMILES string of the molecule is CC(=O)O[C@H]1C(=O)[C@@]2(C)[C@H]([C@H](OC(=O)c3ccccc3)[C@]3(O)C[C@H](OC(=O)[C@H](OC(=O)CCc4ccc(NC(=O)O[C@@H]5O[C@H](C(=O)[O-])[C@@H](O)[C@H](O)[C@H]5O)cc4)[C@@H](NC(=O)c4ccccc4)c4ccccc4)C(C)=C1C3(C)C)[C@]1(OC(C)=O)CO[C@@H]1C[C@@H]2O.[Na+]. The first-order valence-corrected chi connectivity index (χ1v) is 28.3. The Labute approximate surface area is 532 Å². The summed E-state index contributed by atoms with van der Waals surface area (Å²) in [6.45, 7) is 7.61. The van der Waals surface area contributed by atoms with Gasteiger partial charge in [-0.1, -0.05) is 92.7 Å². The summed E-state index contributed by atoms with van der Waals surface area (Å²) in [6, 6.07) is 27.8. The van der Waals surface area contributed by atoms with E-state index in [1.807, 2.05) is 0 Å². The Hall–Kier alpha value is -7.43. The van der Waals surface area contributed by atoms with Crippen LogP contribution in [-0.4, -0.2) is 164 Å². The fourth-order valence-corrected chi connectivity index (χ4v) is 12.9. The average molecular weight is 1240 g/mol. The molecule has 16 atom stereocenters. The summed E-state index contributed by atoms with van der Waals surface area (Å²) in [7, 11) is 0. The van der Waals surface area contributed by atoms with Gasteiger partial charge in [-0.25, -0.2) is 14.4 Å². The van der Waals surface area contributed by atoms with Gasteiger partial charge < -0.3 is 78.6 Å². The van der Waals surface area contributed by atoms with Crippen molar-refractivity contribution in [2.45, 2.75) is 152 Å². The van der Waals surface area contributed by atoms with Gasteiger partial charge in [-0.3, -0.25) is 29.3 Å². The van der Waals surface area contributed by atoms with Crippen LogP contribution >= 0.6 is 0 Å². The van der Waals surface area contributed by atoms with Crippen LogP contribution in [0.5, 0.6) is 0 Å². The van der Waals surface area contributed by atoms with Crippen LogP contribution in [0.1, 0.15) is 98.7 Å². The first-order chi connectivity index (χ1) is 41.6. The molecule has 4 aromatic rings. The molecule has 2 saturated heterocycles. The Morgan fingerprint density at radius 1 is 0.753 bits per heavy atom. The Kier molecular flexibility index (Phi) is 20.4. The Morgan fingerprint density at radius 3 is 1.93 bits per heavy atom. The van der Waals surface area contributed by atoms with Crippen LogP contribution < -0.4 is 45.3 Å². The number of ketones is 1. The number of hydrogen-bond donors (Lipinski definition) is 7. The van der Waals surface area contributed by atoms with Crippen LogP contribution in [0.4, 0.5) is 10.5 Å². The molecule has 0 unspecified atom stereocenters. The normalized spacial score (nSPS) is 30.6. The first kappa shape index (κ1) is 67.5. The maximum Gasteiger partial charge on any atom is 1.00 e. The van der Waals surface area contributed by atoms with E-state index < -0.39 is 174 Å². The Morgan fingerprint density at radius 2 is 1.36 bits per heavy atom. The number of aliphatic hydroxyl groups is 5. The van der Waals surface area contributed by atoms with E-state index in [9.17, 15) is 64.2 Å². The number of aliphatic carboxylic acids is 1. The van der Waals surface area contributed by atoms with Crippen molar-refractivity contribution in [3.05, 3.63) is 149 Å². The molecule has 26 heteroatoms. The first-order valence-electron chi connectivity index (χ1n) is 28.3. The van der Waals surface area contributed by atoms with Crippen molar-refractivity contribution >= 4 is 59.3 Å². The largest absolute Gasteiger partial charge is 1.00 e. The summed E-state index contributed by atoms with van der Waals surface area (Å²) in [5, 5.41) is 73.2. The van der Waals surface area contributed by atoms with E-state index in [0.717, 1.165) is 13.8 Å². The molecule has 4 aromatic carbocycles. The quantitative estimate of drug-likeness (QED) is 0.0289. The Bertz CT molecular complexity index is 3370. The number of benzene rings is 4. The van der Waals surface area contributed by atoms with E-state index in [1.165, 1.54) is 76.2 Å². The molecule has 5 aliphatic rings. The molecule has 3 aliphatic carbocycles. The van der Waals surface area contributed by atoms with Crippen LogP contribution in [-0.2, 0) is 73.1 Å². The number of rotatable bonds is 17. The molecule has 7 N–H and O–H groups in total. The average Bonchev–Trinajstić information content (AvgIpc) is 0.672. The summed E-state index contributed by atoms with van der Waals surface area (Å²) in [4.78, 5) is 125. The van der Waals surface area contributed by atoms with Crippen LogP contribution in [0.2, 0.25) is 0 Å². The van der Waals surface area contributed by atoms with E-state index in [2.05, 4.69) is 10.6 Å². The third-order valence-corrected chi connectivity index (χ3v) is 17.6. The van der Waals surface area contributed by atoms with Crippen molar-refractivity contribution < 1.29 is 141 Å². The number of fused-ring (bicyclic) bond motifs is 5. The van der Waals surface area contributed by atoms with Crippen molar-refractivity contribution in [1.29, 1.82) is 0 Å². The monoisotopic (exact) mass is 1240 g/mol. The van der Waals surface area contributed by atoms with Gasteiger partial charge in [0.05, 0.1) is 35.6 Å². The molecular formula is C63H67N2NaO23. The zero-order valence-corrected chi connectivity index (χ0v) is 51.6. The minimum absolute atomic E-state index is 0. The maximum absolute atomic E-state index is 15.9. The molecule has 4 fully saturated rings. The van der Waals surface area contributed by atoms with Crippen molar-refractivity contribution in [1.82, 2.24) is 5.32 Å². The van der Waals surface area contributed by atoms with Gasteiger partial charge in [0.15, 0.2) is 17.5 Å². The molecule has 0 spiro atoms. The number of carboxylic acids is 1. The van der Waals surface area contributed by atoms with E-state index >= 15 is 9.59 Å². The molecule has 2 bridgehead atoms. The fourth-order valence-electron chi connectivity index (χ4n) is 12.9. The standard InChI is InChI=1S/C63H68N2O23.Na/c1-31-39(29-63(80)53(86-56(77)37-20-14-9-15-21-37)51-61(6,40(68)28-41-62(51,30-81-41)88-33(3)67)52(73)48(82-32(2)66)43(31)60(63,4)5)83-57(78)49(44(35-16-10-7-11-17-35)65-54(74)36-18-12-8-13-19-36)84-42(69)27-24-34-22-25-38(26-23-34)64-59(79)87-58-47(72)45(70)46(71)50(85-58)55(75)76;/h7-23,25-26,39-41,44-51,53,58,68,70-72,80H,24,27-30H2,1-6H3,(H,64,79)(H,65,74)(H,75,76);/q;+1/p-1/t39-,40-,41+,44-,45-,46-,47+,48+,49+,50-,51-,53-,58-,61+,62-,63+;/m0./s1. The van der Waals surface area contributed by atoms with Crippen LogP contribution in [0.25, 0.3) is 0 Å². The van der Waals surface area contributed by atoms with Gasteiger partial charge in [0.25, 0.3) is 5.91 Å². The number of carbonyl (C=O) groups excluding carboxylic acids is 9. The number of amides is 2. The minimum Gasteiger partial charge on any atom is -0.547 e. The predicted octanol–water partition coefficient (Wildman–Crippen LogP) is -0.971. The summed E-state index contributed by atoms with van der Waals surface area (Å²) < 4.78 is 46.9. The second-order valence-electron chi connectivity index (χ2n) is 23.3. The van der Waals surface area contributed by atoms with Gasteiger partial charge in [-0.2, -0.15) is 0 Å². The van der Waals surface area contributed by atoms with Crippen molar-refractivity contribution in [2.24, 2.45) is 16.7 Å². The number of nitrogens with one attached hydrogen (secondary N) is 2. The van der Waals surface area contributed by atoms with Gasteiger partial charge in [0, 0.05) is 49.8 Å². The van der Waals surface area contributed by atoms with Crippen molar-refractivity contribution in [3.63, 3.8) is 0 Å². The number of Topliss-reactive ketones (excluding diaryl/α,β-unsaturated/α-hetero) is 1. The number of aryl methyl sites for hydroxylation is 1. The fraction of sp³-hybridized carbons (Fsp3) is 0.444. The van der Waals surface area contributed by atoms with Crippen LogP contribution in [0, 0.1) is 16.7 Å². The number of ether oxygens (including phenoxy) is 8. The molecule has 0 radical (unpaired) electrons. The van der Waals surface area contributed by atoms with Crippen LogP contribution in [0.15, 0.2) is 126 Å². The number of carboxylic acid groups (broad SMARTS) is 1. The van der Waals surface area contributed by atoms with Crippen LogP contribution in [0.3, 0.4) is 0 Å². The van der Waals surface area contributed by atoms with E-state index in [1.54, 1.807) is 66.7 Å². The smallest absolute Gasteiger partial charge is 0.547 e. The van der Waals surface area contributed by atoms with E-state index in [4.69, 9.17) is 37.9 Å². The van der Waals surface area contributed by atoms with E-state index in [-0.39, 0.29) is 75.9 Å². The Balaban J connectivity index is 0.0000102. The number of anilines is 1. The molecule has 2 aliphatic heterocycles. The van der Waals surface area contributed by atoms with Crippen molar-refractivity contribution in [2.75, 3.05) is 11.9 Å².